The lowest BCUT2D eigenvalue weighted by molar-refractivity contribution is -0.123. The predicted molar refractivity (Wildman–Crippen MR) is 81.2 cm³/mol. The normalized spacial score (nSPS) is 18.2. The Balaban J connectivity index is 2.12. The SMILES string of the molecule is CC(C)OCCCNC(=O)CN(C)CC1(O)CCOCC1. The third kappa shape index (κ3) is 8.36. The van der Waals surface area contributed by atoms with Crippen LogP contribution in [0.3, 0.4) is 0 Å². The molecule has 0 aromatic rings. The van der Waals surface area contributed by atoms with Gasteiger partial charge in [0.25, 0.3) is 0 Å². The van der Waals surface area contributed by atoms with E-state index in [1.807, 2.05) is 25.8 Å². The van der Waals surface area contributed by atoms with Crippen molar-refractivity contribution < 1.29 is 19.4 Å². The number of hydrogen-bond donors (Lipinski definition) is 2. The second-order valence-corrected chi connectivity index (χ2v) is 6.13. The van der Waals surface area contributed by atoms with Crippen LogP contribution < -0.4 is 5.32 Å². The molecule has 0 unspecified atom stereocenters. The average molecular weight is 302 g/mol. The number of ether oxygens (including phenoxy) is 2. The maximum absolute atomic E-state index is 11.8. The van der Waals surface area contributed by atoms with Gasteiger partial charge in [0.2, 0.25) is 5.91 Å². The summed E-state index contributed by atoms with van der Waals surface area (Å²) in [4.78, 5) is 13.7. The molecule has 2 N–H and O–H groups in total. The maximum atomic E-state index is 11.8. The fourth-order valence-electron chi connectivity index (χ4n) is 2.39. The number of hydrogen-bond acceptors (Lipinski definition) is 5. The molecule has 1 aliphatic heterocycles. The predicted octanol–water partition coefficient (Wildman–Crippen LogP) is 0.391. The van der Waals surface area contributed by atoms with Gasteiger partial charge in [-0.05, 0) is 27.3 Å². The van der Waals surface area contributed by atoms with Crippen molar-refractivity contribution in [3.8, 4) is 0 Å². The molecule has 1 saturated heterocycles. The molecule has 21 heavy (non-hydrogen) atoms. The second-order valence-electron chi connectivity index (χ2n) is 6.13. The van der Waals surface area contributed by atoms with Crippen molar-refractivity contribution in [3.63, 3.8) is 0 Å². The standard InChI is InChI=1S/C15H30N2O4/c1-13(2)21-8-4-7-16-14(18)11-17(3)12-15(19)5-9-20-10-6-15/h13,19H,4-12H2,1-3H3,(H,16,18). The molecule has 6 heteroatoms. The fourth-order valence-corrected chi connectivity index (χ4v) is 2.39. The summed E-state index contributed by atoms with van der Waals surface area (Å²) in [6.45, 7) is 7.25. The van der Waals surface area contributed by atoms with E-state index in [1.165, 1.54) is 0 Å². The number of carbonyl (C=O) groups is 1. The Morgan fingerprint density at radius 3 is 2.71 bits per heavy atom. The van der Waals surface area contributed by atoms with E-state index in [-0.39, 0.29) is 12.0 Å². The smallest absolute Gasteiger partial charge is 0.234 e. The molecule has 1 aliphatic rings. The molecule has 0 bridgehead atoms. The Hall–Kier alpha value is -0.690. The highest BCUT2D eigenvalue weighted by Crippen LogP contribution is 2.20. The summed E-state index contributed by atoms with van der Waals surface area (Å²) in [5, 5.41) is 13.3. The van der Waals surface area contributed by atoms with Crippen LogP contribution in [-0.4, -0.2) is 74.1 Å². The van der Waals surface area contributed by atoms with E-state index in [0.29, 0.717) is 52.3 Å². The number of rotatable bonds is 9. The van der Waals surface area contributed by atoms with Crippen molar-refractivity contribution in [2.45, 2.75) is 44.8 Å². The second kappa shape index (κ2) is 9.35. The summed E-state index contributed by atoms with van der Waals surface area (Å²) in [6, 6.07) is 0. The molecule has 0 saturated carbocycles. The lowest BCUT2D eigenvalue weighted by Gasteiger charge is -2.35. The van der Waals surface area contributed by atoms with E-state index in [0.717, 1.165) is 6.42 Å². The third-order valence-electron chi connectivity index (χ3n) is 3.50. The van der Waals surface area contributed by atoms with Crippen LogP contribution in [0.25, 0.3) is 0 Å². The first-order chi connectivity index (χ1) is 9.91. The summed E-state index contributed by atoms with van der Waals surface area (Å²) in [7, 11) is 1.86. The molecule has 124 valence electrons. The molecule has 0 aliphatic carbocycles. The van der Waals surface area contributed by atoms with E-state index in [2.05, 4.69) is 5.32 Å². The van der Waals surface area contributed by atoms with Gasteiger partial charge in [-0.1, -0.05) is 0 Å². The lowest BCUT2D eigenvalue weighted by atomic mass is 9.94. The van der Waals surface area contributed by atoms with Crippen LogP contribution in [-0.2, 0) is 14.3 Å². The van der Waals surface area contributed by atoms with Crippen molar-refractivity contribution in [3.05, 3.63) is 0 Å². The largest absolute Gasteiger partial charge is 0.388 e. The maximum Gasteiger partial charge on any atom is 0.234 e. The summed E-state index contributed by atoms with van der Waals surface area (Å²) < 4.78 is 10.7. The van der Waals surface area contributed by atoms with Crippen LogP contribution >= 0.6 is 0 Å². The van der Waals surface area contributed by atoms with Gasteiger partial charge in [0, 0.05) is 45.8 Å². The molecule has 1 amide bonds. The summed E-state index contributed by atoms with van der Waals surface area (Å²) in [6.07, 6.45) is 2.30. The summed E-state index contributed by atoms with van der Waals surface area (Å²) in [5.41, 5.74) is -0.724. The zero-order chi connectivity index (χ0) is 15.7. The van der Waals surface area contributed by atoms with E-state index in [4.69, 9.17) is 9.47 Å². The number of amides is 1. The molecule has 0 aromatic heterocycles. The molecule has 6 nitrogen and oxygen atoms in total. The van der Waals surface area contributed by atoms with Gasteiger partial charge in [0.15, 0.2) is 0 Å². The van der Waals surface area contributed by atoms with Crippen molar-refractivity contribution in [2.75, 3.05) is 46.5 Å². The number of nitrogens with one attached hydrogen (secondary N) is 1. The highest BCUT2D eigenvalue weighted by molar-refractivity contribution is 5.77. The van der Waals surface area contributed by atoms with Crippen LogP contribution in [0.2, 0.25) is 0 Å². The van der Waals surface area contributed by atoms with Crippen molar-refractivity contribution in [1.82, 2.24) is 10.2 Å². The van der Waals surface area contributed by atoms with Crippen molar-refractivity contribution in [1.29, 1.82) is 0 Å². The fraction of sp³-hybridized carbons (Fsp3) is 0.933. The molecule has 0 spiro atoms. The zero-order valence-corrected chi connectivity index (χ0v) is 13.6. The van der Waals surface area contributed by atoms with Crippen molar-refractivity contribution in [2.24, 2.45) is 0 Å². The van der Waals surface area contributed by atoms with Gasteiger partial charge in [0.05, 0.1) is 18.2 Å². The zero-order valence-electron chi connectivity index (χ0n) is 13.6. The monoisotopic (exact) mass is 302 g/mol. The first kappa shape index (κ1) is 18.4. The number of carbonyl (C=O) groups excluding carboxylic acids is 1. The molecule has 0 aromatic carbocycles. The van der Waals surface area contributed by atoms with E-state index >= 15 is 0 Å². The Labute approximate surface area is 127 Å². The van der Waals surface area contributed by atoms with Crippen LogP contribution in [0.1, 0.15) is 33.1 Å². The van der Waals surface area contributed by atoms with Crippen LogP contribution in [0.4, 0.5) is 0 Å². The first-order valence-corrected chi connectivity index (χ1v) is 7.78. The highest BCUT2D eigenvalue weighted by atomic mass is 16.5. The number of nitrogens with zero attached hydrogens (tertiary/aromatic N) is 1. The minimum Gasteiger partial charge on any atom is -0.388 e. The van der Waals surface area contributed by atoms with Gasteiger partial charge in [-0.15, -0.1) is 0 Å². The molecular formula is C15H30N2O4. The third-order valence-corrected chi connectivity index (χ3v) is 3.50. The quantitative estimate of drug-likeness (QED) is 0.603. The van der Waals surface area contributed by atoms with Crippen LogP contribution in [0.5, 0.6) is 0 Å². The molecule has 0 atom stereocenters. The summed E-state index contributed by atoms with van der Waals surface area (Å²) >= 11 is 0. The topological polar surface area (TPSA) is 71.0 Å². The Morgan fingerprint density at radius 2 is 2.10 bits per heavy atom. The van der Waals surface area contributed by atoms with Gasteiger partial charge < -0.3 is 19.9 Å². The van der Waals surface area contributed by atoms with E-state index < -0.39 is 5.60 Å². The van der Waals surface area contributed by atoms with E-state index in [9.17, 15) is 9.90 Å². The highest BCUT2D eigenvalue weighted by Gasteiger charge is 2.31. The van der Waals surface area contributed by atoms with Crippen molar-refractivity contribution >= 4 is 5.91 Å². The van der Waals surface area contributed by atoms with Gasteiger partial charge in [-0.25, -0.2) is 0 Å². The number of likely N-dealkylation sites (N-methyl/N-ethyl adjacent to an activating group) is 1. The minimum absolute atomic E-state index is 0.0160. The molecule has 1 heterocycles. The van der Waals surface area contributed by atoms with Crippen LogP contribution in [0.15, 0.2) is 0 Å². The van der Waals surface area contributed by atoms with Crippen LogP contribution in [0, 0.1) is 0 Å². The van der Waals surface area contributed by atoms with Gasteiger partial charge in [0.1, 0.15) is 0 Å². The molecular weight excluding hydrogens is 272 g/mol. The molecule has 1 rings (SSSR count). The summed E-state index contributed by atoms with van der Waals surface area (Å²) in [5.74, 6) is -0.0160. The molecule has 0 radical (unpaired) electrons. The molecule has 1 fully saturated rings. The minimum atomic E-state index is -0.724. The van der Waals surface area contributed by atoms with Gasteiger partial charge in [-0.3, -0.25) is 9.69 Å². The Bertz CT molecular complexity index is 304. The average Bonchev–Trinajstić information content (AvgIpc) is 2.37. The lowest BCUT2D eigenvalue weighted by Crippen LogP contribution is -2.48. The Morgan fingerprint density at radius 1 is 1.43 bits per heavy atom. The number of aliphatic hydroxyl groups is 1. The van der Waals surface area contributed by atoms with E-state index in [1.54, 1.807) is 0 Å². The van der Waals surface area contributed by atoms with Gasteiger partial charge >= 0.3 is 0 Å². The Kier molecular flexibility index (Phi) is 8.18. The van der Waals surface area contributed by atoms with Gasteiger partial charge in [-0.2, -0.15) is 0 Å². The first-order valence-electron chi connectivity index (χ1n) is 7.78.